The number of hydrogen-bond donors (Lipinski definition) is 2. The third-order valence-electron chi connectivity index (χ3n) is 4.23. The highest BCUT2D eigenvalue weighted by Gasteiger charge is 2.22. The normalized spacial score (nSPS) is 11.1. The zero-order valence-electron chi connectivity index (χ0n) is 15.0. The third-order valence-corrected chi connectivity index (χ3v) is 4.97. The summed E-state index contributed by atoms with van der Waals surface area (Å²) in [7, 11) is 0. The lowest BCUT2D eigenvalue weighted by molar-refractivity contribution is -0.120. The van der Waals surface area contributed by atoms with Gasteiger partial charge in [-0.3, -0.25) is 9.59 Å². The molecule has 0 aliphatic carbocycles. The van der Waals surface area contributed by atoms with Crippen LogP contribution in [0, 0.1) is 6.92 Å². The van der Waals surface area contributed by atoms with E-state index in [-0.39, 0.29) is 23.8 Å². The van der Waals surface area contributed by atoms with E-state index in [9.17, 15) is 9.59 Å². The largest absolute Gasteiger partial charge is 0.354 e. The van der Waals surface area contributed by atoms with Crippen LogP contribution in [0.5, 0.6) is 0 Å². The smallest absolute Gasteiger partial charge is 0.251 e. The zero-order valence-corrected chi connectivity index (χ0v) is 16.5. The van der Waals surface area contributed by atoms with E-state index in [0.29, 0.717) is 22.2 Å². The highest BCUT2D eigenvalue weighted by molar-refractivity contribution is 6.42. The number of aryl methyl sites for hydroxylation is 1. The van der Waals surface area contributed by atoms with Gasteiger partial charge in [0.15, 0.2) is 0 Å². The van der Waals surface area contributed by atoms with Crippen molar-refractivity contribution in [2.75, 3.05) is 13.1 Å². The van der Waals surface area contributed by atoms with E-state index in [0.717, 1.165) is 11.1 Å². The molecule has 2 rings (SSSR count). The van der Waals surface area contributed by atoms with Crippen LogP contribution in [-0.4, -0.2) is 24.9 Å². The SMILES string of the molecule is Cc1ccccc1C(=O)NCC(=O)NCC(C)(C)c1ccc(Cl)c(Cl)c1. The molecule has 0 aliphatic rings. The molecule has 0 heterocycles. The van der Waals surface area contributed by atoms with Crippen LogP contribution in [0.1, 0.15) is 35.3 Å². The number of amides is 2. The lowest BCUT2D eigenvalue weighted by Gasteiger charge is -2.26. The van der Waals surface area contributed by atoms with Crippen molar-refractivity contribution in [3.05, 3.63) is 69.2 Å². The Labute approximate surface area is 163 Å². The van der Waals surface area contributed by atoms with Crippen LogP contribution in [0.4, 0.5) is 0 Å². The van der Waals surface area contributed by atoms with Crippen LogP contribution in [0.15, 0.2) is 42.5 Å². The van der Waals surface area contributed by atoms with E-state index in [2.05, 4.69) is 10.6 Å². The van der Waals surface area contributed by atoms with Crippen molar-refractivity contribution >= 4 is 35.0 Å². The van der Waals surface area contributed by atoms with Gasteiger partial charge in [-0.1, -0.05) is 61.3 Å². The second-order valence-electron chi connectivity index (χ2n) is 6.79. The van der Waals surface area contributed by atoms with Crippen LogP contribution in [0.3, 0.4) is 0 Å². The topological polar surface area (TPSA) is 58.2 Å². The molecule has 0 saturated heterocycles. The van der Waals surface area contributed by atoms with Gasteiger partial charge in [-0.2, -0.15) is 0 Å². The van der Waals surface area contributed by atoms with Gasteiger partial charge < -0.3 is 10.6 Å². The van der Waals surface area contributed by atoms with Crippen molar-refractivity contribution in [2.45, 2.75) is 26.2 Å². The summed E-state index contributed by atoms with van der Waals surface area (Å²) < 4.78 is 0. The Bertz CT molecular complexity index is 819. The molecule has 0 atom stereocenters. The molecule has 0 radical (unpaired) electrons. The van der Waals surface area contributed by atoms with Crippen LogP contribution in [0.2, 0.25) is 10.0 Å². The Morgan fingerprint density at radius 2 is 1.69 bits per heavy atom. The van der Waals surface area contributed by atoms with Crippen molar-refractivity contribution in [1.29, 1.82) is 0 Å². The average Bonchev–Trinajstić information content (AvgIpc) is 2.60. The Hall–Kier alpha value is -2.04. The van der Waals surface area contributed by atoms with Crippen LogP contribution in [-0.2, 0) is 10.2 Å². The van der Waals surface area contributed by atoms with Gasteiger partial charge in [0.1, 0.15) is 0 Å². The van der Waals surface area contributed by atoms with Crippen LogP contribution >= 0.6 is 23.2 Å². The van der Waals surface area contributed by atoms with Gasteiger partial charge in [0.05, 0.1) is 16.6 Å². The molecular weight excluding hydrogens is 371 g/mol. The summed E-state index contributed by atoms with van der Waals surface area (Å²) in [5.41, 5.74) is 2.07. The minimum atomic E-state index is -0.329. The van der Waals surface area contributed by atoms with Gasteiger partial charge >= 0.3 is 0 Å². The maximum Gasteiger partial charge on any atom is 0.251 e. The summed E-state index contributed by atoms with van der Waals surface area (Å²) in [6, 6.07) is 12.7. The van der Waals surface area contributed by atoms with Crippen LogP contribution < -0.4 is 10.6 Å². The molecule has 0 aliphatic heterocycles. The third kappa shape index (κ3) is 5.23. The first-order valence-corrected chi connectivity index (χ1v) is 9.02. The monoisotopic (exact) mass is 392 g/mol. The predicted octanol–water partition coefficient (Wildman–Crippen LogP) is 4.13. The van der Waals surface area contributed by atoms with Gasteiger partial charge in [-0.25, -0.2) is 0 Å². The van der Waals surface area contributed by atoms with E-state index in [1.54, 1.807) is 24.3 Å². The number of halogens is 2. The molecule has 0 bridgehead atoms. The Morgan fingerprint density at radius 3 is 2.35 bits per heavy atom. The van der Waals surface area contributed by atoms with E-state index < -0.39 is 0 Å². The first kappa shape index (κ1) is 20.3. The second kappa shape index (κ2) is 8.56. The lowest BCUT2D eigenvalue weighted by Crippen LogP contribution is -2.42. The average molecular weight is 393 g/mol. The number of hydrogen-bond acceptors (Lipinski definition) is 2. The van der Waals surface area contributed by atoms with Crippen LogP contribution in [0.25, 0.3) is 0 Å². The molecule has 2 aromatic carbocycles. The van der Waals surface area contributed by atoms with Gasteiger partial charge in [0.25, 0.3) is 5.91 Å². The summed E-state index contributed by atoms with van der Waals surface area (Å²) in [6.07, 6.45) is 0. The molecule has 2 N–H and O–H groups in total. The molecule has 2 aromatic rings. The fourth-order valence-electron chi connectivity index (χ4n) is 2.48. The molecule has 0 unspecified atom stereocenters. The number of rotatable bonds is 6. The number of carbonyl (C=O) groups is 2. The minimum absolute atomic E-state index is 0.0787. The summed E-state index contributed by atoms with van der Waals surface area (Å²) in [5, 5.41) is 6.47. The van der Waals surface area contributed by atoms with Crippen molar-refractivity contribution in [3.8, 4) is 0 Å². The molecule has 0 saturated carbocycles. The number of nitrogens with one attached hydrogen (secondary N) is 2. The fourth-order valence-corrected chi connectivity index (χ4v) is 2.78. The van der Waals surface area contributed by atoms with Crippen molar-refractivity contribution in [3.63, 3.8) is 0 Å². The van der Waals surface area contributed by atoms with Gasteiger partial charge in [0.2, 0.25) is 5.91 Å². The number of benzene rings is 2. The van der Waals surface area contributed by atoms with Crippen molar-refractivity contribution in [1.82, 2.24) is 10.6 Å². The van der Waals surface area contributed by atoms with E-state index >= 15 is 0 Å². The van der Waals surface area contributed by atoms with E-state index in [1.165, 1.54) is 0 Å². The molecule has 2 amide bonds. The molecule has 4 nitrogen and oxygen atoms in total. The Kier molecular flexibility index (Phi) is 6.68. The fraction of sp³-hybridized carbons (Fsp3) is 0.300. The first-order valence-electron chi connectivity index (χ1n) is 8.27. The Balaban J connectivity index is 1.88. The Morgan fingerprint density at radius 1 is 1.00 bits per heavy atom. The molecule has 6 heteroatoms. The zero-order chi connectivity index (χ0) is 19.3. The van der Waals surface area contributed by atoms with E-state index in [1.807, 2.05) is 39.0 Å². The van der Waals surface area contributed by atoms with Gasteiger partial charge in [-0.15, -0.1) is 0 Å². The van der Waals surface area contributed by atoms with Gasteiger partial charge in [0, 0.05) is 17.5 Å². The standard InChI is InChI=1S/C20H22Cl2N2O2/c1-13-6-4-5-7-15(13)19(26)23-11-18(25)24-12-20(2,3)14-8-9-16(21)17(22)10-14/h4-10H,11-12H2,1-3H3,(H,23,26)(H,24,25). The van der Waals surface area contributed by atoms with E-state index in [4.69, 9.17) is 23.2 Å². The minimum Gasteiger partial charge on any atom is -0.354 e. The lowest BCUT2D eigenvalue weighted by atomic mass is 9.84. The second-order valence-corrected chi connectivity index (χ2v) is 7.60. The summed E-state index contributed by atoms with van der Waals surface area (Å²) in [4.78, 5) is 24.2. The first-order chi connectivity index (χ1) is 12.2. The summed E-state index contributed by atoms with van der Waals surface area (Å²) in [5.74, 6) is -0.512. The number of carbonyl (C=O) groups excluding carboxylic acids is 2. The summed E-state index contributed by atoms with van der Waals surface area (Å²) >= 11 is 12.0. The molecular formula is C20H22Cl2N2O2. The molecule has 0 fully saturated rings. The summed E-state index contributed by atoms with van der Waals surface area (Å²) in [6.45, 7) is 6.18. The predicted molar refractivity (Wildman–Crippen MR) is 106 cm³/mol. The van der Waals surface area contributed by atoms with Crippen molar-refractivity contribution in [2.24, 2.45) is 0 Å². The quantitative estimate of drug-likeness (QED) is 0.776. The highest BCUT2D eigenvalue weighted by Crippen LogP contribution is 2.29. The highest BCUT2D eigenvalue weighted by atomic mass is 35.5. The molecule has 0 spiro atoms. The molecule has 138 valence electrons. The van der Waals surface area contributed by atoms with Crippen molar-refractivity contribution < 1.29 is 9.59 Å². The molecule has 0 aromatic heterocycles. The molecule has 26 heavy (non-hydrogen) atoms. The van der Waals surface area contributed by atoms with Gasteiger partial charge in [-0.05, 0) is 36.2 Å². The maximum absolute atomic E-state index is 12.1. The maximum atomic E-state index is 12.1.